The van der Waals surface area contributed by atoms with Crippen molar-refractivity contribution in [2.45, 2.75) is 18.9 Å². The van der Waals surface area contributed by atoms with Gasteiger partial charge in [-0.15, -0.1) is 11.3 Å². The summed E-state index contributed by atoms with van der Waals surface area (Å²) in [6.07, 6.45) is 2.41. The average molecular weight is 246 g/mol. The van der Waals surface area contributed by atoms with E-state index in [0.29, 0.717) is 11.8 Å². The van der Waals surface area contributed by atoms with E-state index in [9.17, 15) is 5.11 Å². The first-order valence-corrected chi connectivity index (χ1v) is 6.69. The van der Waals surface area contributed by atoms with Crippen molar-refractivity contribution < 1.29 is 5.11 Å². The Kier molecular flexibility index (Phi) is 2.82. The number of phenolic OH excluding ortho intramolecular Hbond substituents is 1. The third-order valence-corrected chi connectivity index (χ3v) is 3.96. The molecular weight excluding hydrogens is 232 g/mol. The van der Waals surface area contributed by atoms with E-state index in [4.69, 9.17) is 0 Å². The lowest BCUT2D eigenvalue weighted by Gasteiger charge is -2.05. The second-order valence-corrected chi connectivity index (χ2v) is 5.13. The molecule has 0 aliphatic carbocycles. The number of thiazole rings is 1. The van der Waals surface area contributed by atoms with E-state index in [2.05, 4.69) is 15.7 Å². The van der Waals surface area contributed by atoms with Crippen molar-refractivity contribution in [3.05, 3.63) is 35.3 Å². The second kappa shape index (κ2) is 4.47. The first kappa shape index (κ1) is 10.7. The van der Waals surface area contributed by atoms with Crippen molar-refractivity contribution in [2.24, 2.45) is 0 Å². The quantitative estimate of drug-likeness (QED) is 0.856. The van der Waals surface area contributed by atoms with Gasteiger partial charge in [-0.3, -0.25) is 0 Å². The molecule has 0 bridgehead atoms. The Morgan fingerprint density at radius 1 is 1.29 bits per heavy atom. The van der Waals surface area contributed by atoms with Crippen LogP contribution < -0.4 is 5.32 Å². The van der Waals surface area contributed by atoms with Crippen LogP contribution in [0.4, 0.5) is 0 Å². The Morgan fingerprint density at radius 2 is 2.12 bits per heavy atom. The Morgan fingerprint density at radius 3 is 2.82 bits per heavy atom. The van der Waals surface area contributed by atoms with Crippen LogP contribution in [0.5, 0.6) is 5.75 Å². The van der Waals surface area contributed by atoms with Gasteiger partial charge in [0.05, 0.1) is 11.7 Å². The minimum atomic E-state index is 0.294. The summed E-state index contributed by atoms with van der Waals surface area (Å²) in [4.78, 5) is 4.67. The zero-order valence-electron chi connectivity index (χ0n) is 9.39. The van der Waals surface area contributed by atoms with Gasteiger partial charge in [-0.05, 0) is 43.7 Å². The molecule has 0 spiro atoms. The summed E-state index contributed by atoms with van der Waals surface area (Å²) in [5, 5.41) is 15.9. The molecule has 1 fully saturated rings. The molecule has 17 heavy (non-hydrogen) atoms. The Bertz CT molecular complexity index is 500. The minimum Gasteiger partial charge on any atom is -0.508 e. The molecule has 2 heterocycles. The molecule has 2 N–H and O–H groups in total. The minimum absolute atomic E-state index is 0.294. The van der Waals surface area contributed by atoms with Crippen LogP contribution in [0.2, 0.25) is 0 Å². The number of aromatic nitrogens is 1. The van der Waals surface area contributed by atoms with Gasteiger partial charge in [0, 0.05) is 10.9 Å². The highest BCUT2D eigenvalue weighted by molar-refractivity contribution is 7.13. The van der Waals surface area contributed by atoms with Gasteiger partial charge in [-0.2, -0.15) is 0 Å². The van der Waals surface area contributed by atoms with E-state index in [-0.39, 0.29) is 0 Å². The SMILES string of the molecule is Oc1ccc(-c2nc(C3CCCN3)cs2)cc1. The Hall–Kier alpha value is -1.39. The summed E-state index contributed by atoms with van der Waals surface area (Å²) < 4.78 is 0. The molecule has 0 saturated carbocycles. The van der Waals surface area contributed by atoms with E-state index in [0.717, 1.165) is 22.8 Å². The van der Waals surface area contributed by atoms with Gasteiger partial charge in [0.25, 0.3) is 0 Å². The summed E-state index contributed by atoms with van der Waals surface area (Å²) in [7, 11) is 0. The lowest BCUT2D eigenvalue weighted by atomic mass is 10.2. The molecule has 1 aliphatic heterocycles. The highest BCUT2D eigenvalue weighted by Crippen LogP contribution is 2.30. The van der Waals surface area contributed by atoms with E-state index >= 15 is 0 Å². The molecule has 3 nitrogen and oxygen atoms in total. The molecular formula is C13H14N2OS. The molecule has 1 atom stereocenters. The fourth-order valence-corrected chi connectivity index (χ4v) is 3.00. The molecule has 88 valence electrons. The number of nitrogens with one attached hydrogen (secondary N) is 1. The van der Waals surface area contributed by atoms with E-state index in [1.54, 1.807) is 23.5 Å². The maximum Gasteiger partial charge on any atom is 0.123 e. The smallest absolute Gasteiger partial charge is 0.123 e. The van der Waals surface area contributed by atoms with Crippen LogP contribution >= 0.6 is 11.3 Å². The van der Waals surface area contributed by atoms with Gasteiger partial charge in [-0.1, -0.05) is 0 Å². The Balaban J connectivity index is 1.86. The molecule has 1 aliphatic rings. The third kappa shape index (κ3) is 2.18. The van der Waals surface area contributed by atoms with Crippen LogP contribution in [0.3, 0.4) is 0 Å². The van der Waals surface area contributed by atoms with E-state index in [1.807, 2.05) is 12.1 Å². The largest absolute Gasteiger partial charge is 0.508 e. The van der Waals surface area contributed by atoms with Crippen molar-refractivity contribution in [1.82, 2.24) is 10.3 Å². The fraction of sp³-hybridized carbons (Fsp3) is 0.308. The summed E-state index contributed by atoms with van der Waals surface area (Å²) in [6, 6.07) is 7.63. The van der Waals surface area contributed by atoms with Crippen LogP contribution in [-0.4, -0.2) is 16.6 Å². The van der Waals surface area contributed by atoms with Crippen molar-refractivity contribution in [3.63, 3.8) is 0 Å². The monoisotopic (exact) mass is 246 g/mol. The van der Waals surface area contributed by atoms with Crippen molar-refractivity contribution in [2.75, 3.05) is 6.54 Å². The summed E-state index contributed by atoms with van der Waals surface area (Å²) in [5.41, 5.74) is 2.22. The predicted molar refractivity (Wildman–Crippen MR) is 69.2 cm³/mol. The molecule has 1 aromatic heterocycles. The first-order chi connectivity index (χ1) is 8.33. The molecule has 4 heteroatoms. The highest BCUT2D eigenvalue weighted by atomic mass is 32.1. The van der Waals surface area contributed by atoms with Crippen molar-refractivity contribution in [1.29, 1.82) is 0 Å². The van der Waals surface area contributed by atoms with Gasteiger partial charge < -0.3 is 10.4 Å². The van der Waals surface area contributed by atoms with Crippen molar-refractivity contribution in [3.8, 4) is 16.3 Å². The predicted octanol–water partition coefficient (Wildman–Crippen LogP) is 2.94. The molecule has 2 aromatic rings. The number of hydrogen-bond acceptors (Lipinski definition) is 4. The van der Waals surface area contributed by atoms with Gasteiger partial charge >= 0.3 is 0 Å². The fourth-order valence-electron chi connectivity index (χ4n) is 2.12. The Labute approximate surface area is 104 Å². The second-order valence-electron chi connectivity index (χ2n) is 4.27. The molecule has 1 unspecified atom stereocenters. The summed E-state index contributed by atoms with van der Waals surface area (Å²) in [5.74, 6) is 0.294. The van der Waals surface area contributed by atoms with Crippen LogP contribution in [0.1, 0.15) is 24.6 Å². The molecule has 1 aromatic carbocycles. The van der Waals surface area contributed by atoms with Crippen molar-refractivity contribution >= 4 is 11.3 Å². The van der Waals surface area contributed by atoms with Crippen LogP contribution in [0, 0.1) is 0 Å². The number of nitrogens with zero attached hydrogens (tertiary/aromatic N) is 1. The van der Waals surface area contributed by atoms with Crippen LogP contribution in [0.25, 0.3) is 10.6 Å². The number of aromatic hydroxyl groups is 1. The maximum atomic E-state index is 9.25. The lowest BCUT2D eigenvalue weighted by molar-refractivity contribution is 0.475. The zero-order valence-corrected chi connectivity index (χ0v) is 10.2. The third-order valence-electron chi connectivity index (χ3n) is 3.05. The zero-order chi connectivity index (χ0) is 11.7. The maximum absolute atomic E-state index is 9.25. The van der Waals surface area contributed by atoms with Gasteiger partial charge in [0.1, 0.15) is 10.8 Å². The highest BCUT2D eigenvalue weighted by Gasteiger charge is 2.19. The van der Waals surface area contributed by atoms with Gasteiger partial charge in [0.2, 0.25) is 0 Å². The standard InChI is InChI=1S/C13H14N2OS/c16-10-5-3-9(4-6-10)13-15-12(8-17-13)11-2-1-7-14-11/h3-6,8,11,14,16H,1-2,7H2. The molecule has 1 saturated heterocycles. The summed E-state index contributed by atoms with van der Waals surface area (Å²) in [6.45, 7) is 1.09. The van der Waals surface area contributed by atoms with Gasteiger partial charge in [0.15, 0.2) is 0 Å². The van der Waals surface area contributed by atoms with Crippen LogP contribution in [0.15, 0.2) is 29.6 Å². The number of benzene rings is 1. The van der Waals surface area contributed by atoms with E-state index < -0.39 is 0 Å². The number of phenols is 1. The molecule has 0 amide bonds. The normalized spacial score (nSPS) is 19.6. The van der Waals surface area contributed by atoms with E-state index in [1.165, 1.54) is 12.8 Å². The number of rotatable bonds is 2. The molecule has 3 rings (SSSR count). The molecule has 0 radical (unpaired) electrons. The topological polar surface area (TPSA) is 45.2 Å². The first-order valence-electron chi connectivity index (χ1n) is 5.81. The van der Waals surface area contributed by atoms with Crippen LogP contribution in [-0.2, 0) is 0 Å². The lowest BCUT2D eigenvalue weighted by Crippen LogP contribution is -2.12. The average Bonchev–Trinajstić information content (AvgIpc) is 3.00. The number of hydrogen-bond donors (Lipinski definition) is 2. The van der Waals surface area contributed by atoms with Gasteiger partial charge in [-0.25, -0.2) is 4.98 Å². The summed E-state index contributed by atoms with van der Waals surface area (Å²) >= 11 is 1.66.